The zero-order valence-corrected chi connectivity index (χ0v) is 7.71. The van der Waals surface area contributed by atoms with Crippen LogP contribution >= 0.6 is 0 Å². The lowest BCUT2D eigenvalue weighted by molar-refractivity contribution is -0.120. The minimum absolute atomic E-state index is 0.0365. The van der Waals surface area contributed by atoms with E-state index in [0.29, 0.717) is 5.69 Å². The third-order valence-corrected chi connectivity index (χ3v) is 1.37. The average molecular weight is 204 g/mol. The molecule has 0 saturated heterocycles. The highest BCUT2D eigenvalue weighted by Gasteiger charge is 2.01. The van der Waals surface area contributed by atoms with E-state index in [1.54, 1.807) is 6.07 Å². The predicted octanol–water partition coefficient (Wildman–Crippen LogP) is -0.873. The SMILES string of the molecule is N#CCC(=O)N/N=C(/N)c1cnccn1. The van der Waals surface area contributed by atoms with Gasteiger partial charge in [0, 0.05) is 12.4 Å². The molecule has 0 radical (unpaired) electrons. The van der Waals surface area contributed by atoms with Crippen molar-refractivity contribution in [2.75, 3.05) is 0 Å². The molecule has 0 saturated carbocycles. The summed E-state index contributed by atoms with van der Waals surface area (Å²) in [5, 5.41) is 11.8. The zero-order chi connectivity index (χ0) is 11.1. The molecule has 1 rings (SSSR count). The van der Waals surface area contributed by atoms with Crippen molar-refractivity contribution in [3.63, 3.8) is 0 Å². The van der Waals surface area contributed by atoms with Crippen molar-refractivity contribution in [2.24, 2.45) is 10.8 Å². The fraction of sp³-hybridized carbons (Fsp3) is 0.125. The molecule has 0 unspecified atom stereocenters. The molecular formula is C8H8N6O. The summed E-state index contributed by atoms with van der Waals surface area (Å²) in [6, 6.07) is 1.68. The van der Waals surface area contributed by atoms with Gasteiger partial charge in [0.15, 0.2) is 5.84 Å². The van der Waals surface area contributed by atoms with Crippen molar-refractivity contribution in [3.8, 4) is 6.07 Å². The van der Waals surface area contributed by atoms with Crippen LogP contribution in [0.5, 0.6) is 0 Å². The van der Waals surface area contributed by atoms with Gasteiger partial charge in [-0.3, -0.25) is 9.78 Å². The Hall–Kier alpha value is -2.49. The molecule has 7 nitrogen and oxygen atoms in total. The van der Waals surface area contributed by atoms with Crippen LogP contribution in [0.25, 0.3) is 0 Å². The van der Waals surface area contributed by atoms with E-state index in [2.05, 4.69) is 20.5 Å². The zero-order valence-electron chi connectivity index (χ0n) is 7.71. The van der Waals surface area contributed by atoms with Crippen LogP contribution in [-0.2, 0) is 4.79 Å². The number of nitrogens with two attached hydrogens (primary N) is 1. The first-order valence-electron chi connectivity index (χ1n) is 3.99. The van der Waals surface area contributed by atoms with Gasteiger partial charge in [0.2, 0.25) is 0 Å². The average Bonchev–Trinajstić information content (AvgIpc) is 2.27. The minimum Gasteiger partial charge on any atom is -0.380 e. The Balaban J connectivity index is 2.62. The summed E-state index contributed by atoms with van der Waals surface area (Å²) in [5.74, 6) is -0.487. The number of rotatable bonds is 3. The van der Waals surface area contributed by atoms with Gasteiger partial charge in [-0.2, -0.15) is 10.4 Å². The lowest BCUT2D eigenvalue weighted by atomic mass is 10.4. The molecular weight excluding hydrogens is 196 g/mol. The second kappa shape index (κ2) is 5.29. The molecule has 1 heterocycles. The van der Waals surface area contributed by atoms with Crippen LogP contribution in [0.1, 0.15) is 12.1 Å². The number of amidine groups is 1. The highest BCUT2D eigenvalue weighted by Crippen LogP contribution is 1.88. The molecule has 76 valence electrons. The van der Waals surface area contributed by atoms with E-state index in [-0.39, 0.29) is 12.3 Å². The number of carbonyl (C=O) groups excluding carboxylic acids is 1. The fourth-order valence-corrected chi connectivity index (χ4v) is 0.723. The Bertz CT molecular complexity index is 407. The molecule has 0 aliphatic rings. The molecule has 1 aromatic heterocycles. The summed E-state index contributed by atoms with van der Waals surface area (Å²) in [7, 11) is 0. The van der Waals surface area contributed by atoms with Crippen molar-refractivity contribution in [1.82, 2.24) is 15.4 Å². The standard InChI is InChI=1S/C8H8N6O/c9-2-1-7(15)13-14-8(10)6-5-11-3-4-12-6/h3-5H,1H2,(H2,10,14)(H,13,15). The van der Waals surface area contributed by atoms with Crippen LogP contribution in [0, 0.1) is 11.3 Å². The Morgan fingerprint density at radius 2 is 2.47 bits per heavy atom. The van der Waals surface area contributed by atoms with Crippen LogP contribution in [0.2, 0.25) is 0 Å². The van der Waals surface area contributed by atoms with Gasteiger partial charge in [0.05, 0.1) is 12.3 Å². The number of carbonyl (C=O) groups is 1. The largest absolute Gasteiger partial charge is 0.380 e. The van der Waals surface area contributed by atoms with Crippen LogP contribution in [0.4, 0.5) is 0 Å². The summed E-state index contributed by atoms with van der Waals surface area (Å²) < 4.78 is 0. The number of amides is 1. The molecule has 7 heteroatoms. The Kier molecular flexibility index (Phi) is 3.73. The van der Waals surface area contributed by atoms with E-state index in [0.717, 1.165) is 0 Å². The van der Waals surface area contributed by atoms with Gasteiger partial charge in [-0.25, -0.2) is 10.4 Å². The van der Waals surface area contributed by atoms with E-state index in [1.165, 1.54) is 18.6 Å². The second-order valence-corrected chi connectivity index (χ2v) is 2.46. The van der Waals surface area contributed by atoms with Crippen molar-refractivity contribution in [2.45, 2.75) is 6.42 Å². The van der Waals surface area contributed by atoms with E-state index in [1.807, 2.05) is 0 Å². The summed E-state index contributed by atoms with van der Waals surface area (Å²) >= 11 is 0. The first-order chi connectivity index (χ1) is 7.24. The molecule has 15 heavy (non-hydrogen) atoms. The summed E-state index contributed by atoms with van der Waals surface area (Å²) in [6.45, 7) is 0. The van der Waals surface area contributed by atoms with Crippen LogP contribution in [-0.4, -0.2) is 21.7 Å². The minimum atomic E-state index is -0.524. The van der Waals surface area contributed by atoms with E-state index >= 15 is 0 Å². The summed E-state index contributed by atoms with van der Waals surface area (Å²) in [4.78, 5) is 18.5. The molecule has 0 spiro atoms. The van der Waals surface area contributed by atoms with Gasteiger partial charge in [-0.15, -0.1) is 0 Å². The van der Waals surface area contributed by atoms with Crippen molar-refractivity contribution in [3.05, 3.63) is 24.3 Å². The number of hydrogen-bond donors (Lipinski definition) is 2. The Morgan fingerprint density at radius 3 is 3.07 bits per heavy atom. The number of hydrazone groups is 1. The maximum Gasteiger partial charge on any atom is 0.254 e. The number of nitrogens with zero attached hydrogens (tertiary/aromatic N) is 4. The van der Waals surface area contributed by atoms with Crippen LogP contribution < -0.4 is 11.2 Å². The van der Waals surface area contributed by atoms with Crippen LogP contribution in [0.15, 0.2) is 23.7 Å². The molecule has 1 amide bonds. The topological polar surface area (TPSA) is 117 Å². The number of nitriles is 1. The molecule has 3 N–H and O–H groups in total. The number of nitrogens with one attached hydrogen (secondary N) is 1. The fourth-order valence-electron chi connectivity index (χ4n) is 0.723. The first-order valence-corrected chi connectivity index (χ1v) is 3.99. The van der Waals surface area contributed by atoms with E-state index < -0.39 is 5.91 Å². The Morgan fingerprint density at radius 1 is 1.67 bits per heavy atom. The van der Waals surface area contributed by atoms with Gasteiger partial charge < -0.3 is 5.73 Å². The van der Waals surface area contributed by atoms with Gasteiger partial charge in [-0.1, -0.05) is 0 Å². The maximum atomic E-state index is 10.8. The van der Waals surface area contributed by atoms with Crippen LogP contribution in [0.3, 0.4) is 0 Å². The molecule has 0 aromatic carbocycles. The van der Waals surface area contributed by atoms with Gasteiger partial charge in [0.25, 0.3) is 5.91 Å². The van der Waals surface area contributed by atoms with Gasteiger partial charge in [-0.05, 0) is 0 Å². The molecule has 0 bridgehead atoms. The monoisotopic (exact) mass is 204 g/mol. The number of hydrogen-bond acceptors (Lipinski definition) is 5. The highest BCUT2D eigenvalue weighted by atomic mass is 16.2. The molecule has 0 aliphatic heterocycles. The maximum absolute atomic E-state index is 10.8. The molecule has 0 atom stereocenters. The van der Waals surface area contributed by atoms with Crippen molar-refractivity contribution in [1.29, 1.82) is 5.26 Å². The second-order valence-electron chi connectivity index (χ2n) is 2.46. The lowest BCUT2D eigenvalue weighted by Gasteiger charge is -1.98. The quantitative estimate of drug-likeness (QED) is 0.377. The van der Waals surface area contributed by atoms with Crippen molar-refractivity contribution < 1.29 is 4.79 Å². The third-order valence-electron chi connectivity index (χ3n) is 1.37. The summed E-state index contributed by atoms with van der Waals surface area (Å²) in [5.41, 5.74) is 7.96. The molecule has 1 aromatic rings. The van der Waals surface area contributed by atoms with Gasteiger partial charge >= 0.3 is 0 Å². The predicted molar refractivity (Wildman–Crippen MR) is 51.1 cm³/mol. The molecule has 0 fully saturated rings. The lowest BCUT2D eigenvalue weighted by Crippen LogP contribution is -2.24. The Labute approximate surface area is 85.6 Å². The first kappa shape index (κ1) is 10.6. The smallest absolute Gasteiger partial charge is 0.254 e. The normalized spacial score (nSPS) is 10.5. The van der Waals surface area contributed by atoms with Gasteiger partial charge in [0.1, 0.15) is 12.1 Å². The molecule has 0 aliphatic carbocycles. The summed E-state index contributed by atoms with van der Waals surface area (Å²) in [6.07, 6.45) is 4.09. The van der Waals surface area contributed by atoms with Crippen molar-refractivity contribution >= 4 is 11.7 Å². The van der Waals surface area contributed by atoms with E-state index in [4.69, 9.17) is 11.0 Å². The number of aromatic nitrogens is 2. The van der Waals surface area contributed by atoms with E-state index in [9.17, 15) is 4.79 Å². The highest BCUT2D eigenvalue weighted by molar-refractivity contribution is 5.96. The third kappa shape index (κ3) is 3.40.